The van der Waals surface area contributed by atoms with Gasteiger partial charge < -0.3 is 19.3 Å². The van der Waals surface area contributed by atoms with Gasteiger partial charge in [-0.05, 0) is 61.1 Å². The molecule has 45 heavy (non-hydrogen) atoms. The van der Waals surface area contributed by atoms with E-state index in [1.807, 2.05) is 19.1 Å². The van der Waals surface area contributed by atoms with Gasteiger partial charge in [-0.1, -0.05) is 30.3 Å². The smallest absolute Gasteiger partial charge is 0.417 e. The van der Waals surface area contributed by atoms with Gasteiger partial charge in [0.05, 0.1) is 24.6 Å². The summed E-state index contributed by atoms with van der Waals surface area (Å²) in [7, 11) is 1.34. The van der Waals surface area contributed by atoms with E-state index in [-0.39, 0.29) is 23.6 Å². The number of carboxylic acid groups (broad SMARTS) is 1. The number of aromatic carboxylic acids is 1. The first-order chi connectivity index (χ1) is 21.7. The maximum absolute atomic E-state index is 14.6. The van der Waals surface area contributed by atoms with E-state index in [0.717, 1.165) is 18.4 Å². The van der Waals surface area contributed by atoms with Gasteiger partial charge in [0, 0.05) is 43.5 Å². The summed E-state index contributed by atoms with van der Waals surface area (Å²) < 4.78 is 62.0. The summed E-state index contributed by atoms with van der Waals surface area (Å²) in [5.74, 6) is -0.484. The Kier molecular flexibility index (Phi) is 8.52. The lowest BCUT2D eigenvalue weighted by molar-refractivity contribution is -0.139. The number of nitrogens with zero attached hydrogens (tertiary/aromatic N) is 4. The lowest BCUT2D eigenvalue weighted by atomic mass is 9.89. The lowest BCUT2D eigenvalue weighted by Gasteiger charge is -2.38. The molecule has 9 nitrogen and oxygen atoms in total. The summed E-state index contributed by atoms with van der Waals surface area (Å²) >= 11 is 0. The molecule has 4 aromatic rings. The number of carbonyl (C=O) groups is 1. The third kappa shape index (κ3) is 6.12. The van der Waals surface area contributed by atoms with Crippen molar-refractivity contribution in [3.8, 4) is 28.7 Å². The van der Waals surface area contributed by atoms with Crippen LogP contribution >= 0.6 is 0 Å². The number of alkyl halides is 3. The number of carboxylic acids is 1. The monoisotopic (exact) mass is 622 g/mol. The van der Waals surface area contributed by atoms with E-state index < -0.39 is 17.7 Å². The molecule has 1 N–H and O–H groups in total. The van der Waals surface area contributed by atoms with Crippen molar-refractivity contribution in [3.63, 3.8) is 0 Å². The maximum atomic E-state index is 14.6. The Morgan fingerprint density at radius 2 is 1.89 bits per heavy atom. The van der Waals surface area contributed by atoms with Crippen LogP contribution in [0.3, 0.4) is 0 Å². The molecule has 6 rings (SSSR count). The van der Waals surface area contributed by atoms with E-state index in [4.69, 9.17) is 14.2 Å². The van der Waals surface area contributed by atoms with Crippen LogP contribution in [0.2, 0.25) is 0 Å². The summed E-state index contributed by atoms with van der Waals surface area (Å²) in [5, 5.41) is 13.6. The van der Waals surface area contributed by atoms with Gasteiger partial charge in [0.1, 0.15) is 17.9 Å². The summed E-state index contributed by atoms with van der Waals surface area (Å²) in [6, 6.07) is 14.2. The maximum Gasteiger partial charge on any atom is 0.417 e. The van der Waals surface area contributed by atoms with Crippen molar-refractivity contribution >= 4 is 5.97 Å². The Balaban J connectivity index is 1.30. The van der Waals surface area contributed by atoms with Crippen molar-refractivity contribution in [1.29, 1.82) is 0 Å². The molecule has 236 valence electrons. The molecule has 2 aromatic carbocycles. The second-order valence-electron chi connectivity index (χ2n) is 11.2. The number of pyridine rings is 1. The quantitative estimate of drug-likeness (QED) is 0.252. The molecule has 4 heterocycles. The second kappa shape index (κ2) is 12.5. The molecular formula is C33H33F3N4O5. The molecule has 12 heteroatoms. The molecule has 0 amide bonds. The van der Waals surface area contributed by atoms with Crippen molar-refractivity contribution in [3.05, 3.63) is 88.1 Å². The van der Waals surface area contributed by atoms with Crippen LogP contribution in [0.5, 0.6) is 11.6 Å². The summed E-state index contributed by atoms with van der Waals surface area (Å²) in [6.07, 6.45) is -1.25. The summed E-state index contributed by atoms with van der Waals surface area (Å²) in [4.78, 5) is 18.5. The summed E-state index contributed by atoms with van der Waals surface area (Å²) in [5.41, 5.74) is 2.17. The minimum atomic E-state index is -4.53. The largest absolute Gasteiger partial charge is 0.488 e. The predicted octanol–water partition coefficient (Wildman–Crippen LogP) is 6.08. The fraction of sp³-hybridized carbons (Fsp3) is 0.364. The normalized spacial score (nSPS) is 15.9. The van der Waals surface area contributed by atoms with Gasteiger partial charge in [-0.2, -0.15) is 23.0 Å². The number of rotatable bonds is 8. The molecule has 2 aliphatic rings. The molecule has 2 aromatic heterocycles. The third-order valence-corrected chi connectivity index (χ3v) is 8.47. The number of methoxy groups -OCH3 is 1. The zero-order valence-corrected chi connectivity index (χ0v) is 24.9. The molecule has 2 aliphatic heterocycles. The van der Waals surface area contributed by atoms with E-state index in [2.05, 4.69) is 15.0 Å². The Morgan fingerprint density at radius 1 is 1.11 bits per heavy atom. The first-order valence-electron chi connectivity index (χ1n) is 14.7. The molecule has 0 unspecified atom stereocenters. The third-order valence-electron chi connectivity index (χ3n) is 8.47. The average molecular weight is 623 g/mol. The van der Waals surface area contributed by atoms with Crippen molar-refractivity contribution in [2.24, 2.45) is 0 Å². The van der Waals surface area contributed by atoms with E-state index in [1.54, 1.807) is 30.3 Å². The molecule has 1 fully saturated rings. The molecule has 0 bridgehead atoms. The van der Waals surface area contributed by atoms with Crippen LogP contribution in [-0.4, -0.2) is 63.7 Å². The fourth-order valence-corrected chi connectivity index (χ4v) is 6.29. The molecule has 0 atom stereocenters. The average Bonchev–Trinajstić information content (AvgIpc) is 3.48. The number of benzene rings is 2. The minimum absolute atomic E-state index is 0.0100. The molecule has 0 spiro atoms. The Bertz CT molecular complexity index is 1720. The SMILES string of the molecule is COc1c(C(=O)O)cnn1-c1cccc(-c2cccc(C)c2OCc2ccc3c(c2C(F)(F)F)CCN(C2CCOCC2)C3)n1. The number of para-hydroxylation sites is 1. The van der Waals surface area contributed by atoms with Crippen molar-refractivity contribution in [1.82, 2.24) is 19.7 Å². The van der Waals surface area contributed by atoms with Gasteiger partial charge in [0.25, 0.3) is 0 Å². The highest BCUT2D eigenvalue weighted by molar-refractivity contribution is 5.90. The zero-order chi connectivity index (χ0) is 31.7. The van der Waals surface area contributed by atoms with Gasteiger partial charge >= 0.3 is 12.1 Å². The van der Waals surface area contributed by atoms with Crippen LogP contribution in [0.4, 0.5) is 13.2 Å². The van der Waals surface area contributed by atoms with E-state index in [9.17, 15) is 23.1 Å². The van der Waals surface area contributed by atoms with Crippen molar-refractivity contribution < 1.29 is 37.3 Å². The van der Waals surface area contributed by atoms with Gasteiger partial charge in [-0.15, -0.1) is 0 Å². The second-order valence-corrected chi connectivity index (χ2v) is 11.2. The fourth-order valence-electron chi connectivity index (χ4n) is 6.29. The molecule has 0 aliphatic carbocycles. The van der Waals surface area contributed by atoms with Crippen LogP contribution in [0.1, 0.15) is 51.0 Å². The number of fused-ring (bicyclic) bond motifs is 1. The van der Waals surface area contributed by atoms with Crippen molar-refractivity contribution in [2.45, 2.75) is 51.6 Å². The van der Waals surface area contributed by atoms with Crippen LogP contribution in [-0.2, 0) is 30.5 Å². The number of aryl methyl sites for hydroxylation is 1. The molecule has 1 saturated heterocycles. The Labute approximate surface area is 258 Å². The molecular weight excluding hydrogens is 589 g/mol. The number of aromatic nitrogens is 3. The van der Waals surface area contributed by atoms with Crippen LogP contribution in [0, 0.1) is 6.92 Å². The van der Waals surface area contributed by atoms with E-state index in [1.165, 1.54) is 24.1 Å². The zero-order valence-electron chi connectivity index (χ0n) is 24.9. The Morgan fingerprint density at radius 3 is 2.62 bits per heavy atom. The van der Waals surface area contributed by atoms with E-state index >= 15 is 0 Å². The number of hydrogen-bond acceptors (Lipinski definition) is 7. The lowest BCUT2D eigenvalue weighted by Crippen LogP contribution is -2.42. The Hall–Kier alpha value is -4.42. The standard InChI is InChI=1S/C33H33F3N4O5/c1-20-5-3-6-25(27-7-4-8-28(38-27)40-31(43-2)26(17-37-40)32(41)42)30(20)45-19-22-10-9-21-18-39(23-12-15-44-16-13-23)14-11-24(21)29(22)33(34,35)36/h3-10,17,23H,11-16,18-19H2,1-2H3,(H,41,42). The van der Waals surface area contributed by atoms with Gasteiger partial charge in [0.2, 0.25) is 5.88 Å². The first-order valence-corrected chi connectivity index (χ1v) is 14.7. The van der Waals surface area contributed by atoms with Crippen LogP contribution < -0.4 is 9.47 Å². The van der Waals surface area contributed by atoms with Crippen LogP contribution in [0.15, 0.2) is 54.7 Å². The van der Waals surface area contributed by atoms with Gasteiger partial charge in [-0.25, -0.2) is 9.78 Å². The van der Waals surface area contributed by atoms with Crippen LogP contribution in [0.25, 0.3) is 17.1 Å². The summed E-state index contributed by atoms with van der Waals surface area (Å²) in [6.45, 7) is 3.97. The molecule has 0 saturated carbocycles. The predicted molar refractivity (Wildman–Crippen MR) is 159 cm³/mol. The van der Waals surface area contributed by atoms with Crippen molar-refractivity contribution in [2.75, 3.05) is 26.9 Å². The van der Waals surface area contributed by atoms with Gasteiger partial charge in [-0.3, -0.25) is 4.90 Å². The van der Waals surface area contributed by atoms with E-state index in [0.29, 0.717) is 72.7 Å². The minimum Gasteiger partial charge on any atom is -0.488 e. The first kappa shape index (κ1) is 30.6. The topological polar surface area (TPSA) is 98.9 Å². The van der Waals surface area contributed by atoms with Gasteiger partial charge in [0.15, 0.2) is 5.82 Å². The molecule has 0 radical (unpaired) electrons. The number of hydrogen-bond donors (Lipinski definition) is 1. The number of ether oxygens (including phenoxy) is 3. The highest BCUT2D eigenvalue weighted by Crippen LogP contribution is 2.40. The highest BCUT2D eigenvalue weighted by atomic mass is 19.4. The highest BCUT2D eigenvalue weighted by Gasteiger charge is 2.39. The number of halogens is 3.